The molecule has 1 aromatic rings. The zero-order chi connectivity index (χ0) is 14.6. The van der Waals surface area contributed by atoms with E-state index in [4.69, 9.17) is 5.11 Å². The summed E-state index contributed by atoms with van der Waals surface area (Å²) in [5.41, 5.74) is -0.444. The van der Waals surface area contributed by atoms with E-state index in [1.807, 2.05) is 0 Å². The number of carboxylic acid groups (broad SMARTS) is 1. The highest BCUT2D eigenvalue weighted by atomic mass is 79.9. The maximum Gasteiger partial charge on any atom is 0.308 e. The molecule has 2 N–H and O–H groups in total. The molecule has 0 aliphatic heterocycles. The van der Waals surface area contributed by atoms with Crippen LogP contribution >= 0.6 is 15.9 Å². The van der Waals surface area contributed by atoms with Crippen LogP contribution in [0, 0.1) is 16.0 Å². The first-order valence-corrected chi connectivity index (χ1v) is 6.07. The first-order valence-electron chi connectivity index (χ1n) is 5.28. The maximum absolute atomic E-state index is 11.8. The van der Waals surface area contributed by atoms with Crippen LogP contribution in [0.1, 0.15) is 17.3 Å². The number of nitro groups is 1. The third kappa shape index (κ3) is 4.02. The van der Waals surface area contributed by atoms with Crippen molar-refractivity contribution >= 4 is 33.5 Å². The molecule has 8 heteroatoms. The van der Waals surface area contributed by atoms with E-state index in [1.165, 1.54) is 25.1 Å². The summed E-state index contributed by atoms with van der Waals surface area (Å²) in [7, 11) is 0. The Hall–Kier alpha value is -1.96. The molecule has 0 aliphatic rings. The van der Waals surface area contributed by atoms with Crippen molar-refractivity contribution in [1.29, 1.82) is 0 Å². The number of benzene rings is 1. The molecule has 0 spiro atoms. The molecule has 1 aromatic carbocycles. The van der Waals surface area contributed by atoms with E-state index in [0.717, 1.165) is 0 Å². The van der Waals surface area contributed by atoms with Gasteiger partial charge in [-0.15, -0.1) is 0 Å². The summed E-state index contributed by atoms with van der Waals surface area (Å²) >= 11 is 3.08. The molecule has 19 heavy (non-hydrogen) atoms. The van der Waals surface area contributed by atoms with Crippen molar-refractivity contribution in [3.05, 3.63) is 38.3 Å². The van der Waals surface area contributed by atoms with Crippen molar-refractivity contribution < 1.29 is 19.6 Å². The van der Waals surface area contributed by atoms with Crippen molar-refractivity contribution in [2.45, 2.75) is 6.92 Å². The molecule has 0 saturated carbocycles. The van der Waals surface area contributed by atoms with Crippen molar-refractivity contribution in [2.24, 2.45) is 5.92 Å². The Balaban J connectivity index is 2.88. The van der Waals surface area contributed by atoms with Crippen LogP contribution in [-0.4, -0.2) is 28.5 Å². The minimum atomic E-state index is -1.05. The highest BCUT2D eigenvalue weighted by Crippen LogP contribution is 2.23. The first-order chi connectivity index (χ1) is 8.82. The Labute approximate surface area is 116 Å². The summed E-state index contributed by atoms with van der Waals surface area (Å²) in [6.45, 7) is 1.33. The van der Waals surface area contributed by atoms with Gasteiger partial charge in [-0.2, -0.15) is 0 Å². The lowest BCUT2D eigenvalue weighted by molar-refractivity contribution is -0.385. The van der Waals surface area contributed by atoms with Gasteiger partial charge in [0.25, 0.3) is 11.6 Å². The van der Waals surface area contributed by atoms with E-state index in [-0.39, 0.29) is 17.8 Å². The predicted molar refractivity (Wildman–Crippen MR) is 69.9 cm³/mol. The second-order valence-corrected chi connectivity index (χ2v) is 4.78. The lowest BCUT2D eigenvalue weighted by atomic mass is 10.1. The molecule has 1 atom stereocenters. The molecular formula is C11H11BrN2O5. The number of hydrogen-bond acceptors (Lipinski definition) is 4. The SMILES string of the molecule is CC(CNC(=O)c1ccc(Br)cc1[N+](=O)[O-])C(=O)O. The fraction of sp³-hybridized carbons (Fsp3) is 0.273. The van der Waals surface area contributed by atoms with Gasteiger partial charge < -0.3 is 10.4 Å². The summed E-state index contributed by atoms with van der Waals surface area (Å²) in [4.78, 5) is 32.6. The van der Waals surface area contributed by atoms with Crippen LogP contribution < -0.4 is 5.32 Å². The number of carboxylic acids is 1. The molecule has 0 heterocycles. The number of carbonyl (C=O) groups excluding carboxylic acids is 1. The van der Waals surface area contributed by atoms with E-state index in [0.29, 0.717) is 4.47 Å². The van der Waals surface area contributed by atoms with Gasteiger partial charge in [-0.25, -0.2) is 0 Å². The molecule has 0 aromatic heterocycles. The van der Waals surface area contributed by atoms with Gasteiger partial charge in [-0.1, -0.05) is 22.9 Å². The van der Waals surface area contributed by atoms with E-state index >= 15 is 0 Å². The third-order valence-corrected chi connectivity index (χ3v) is 2.88. The van der Waals surface area contributed by atoms with Crippen LogP contribution in [0.25, 0.3) is 0 Å². The summed E-state index contributed by atoms with van der Waals surface area (Å²) in [6.07, 6.45) is 0. The molecule has 1 rings (SSSR count). The van der Waals surface area contributed by atoms with E-state index in [2.05, 4.69) is 21.2 Å². The molecule has 0 saturated heterocycles. The van der Waals surface area contributed by atoms with Gasteiger partial charge in [-0.3, -0.25) is 19.7 Å². The second-order valence-electron chi connectivity index (χ2n) is 3.87. The monoisotopic (exact) mass is 330 g/mol. The van der Waals surface area contributed by atoms with E-state index in [9.17, 15) is 19.7 Å². The Morgan fingerprint density at radius 1 is 1.53 bits per heavy atom. The summed E-state index contributed by atoms with van der Waals surface area (Å²) < 4.78 is 0.481. The number of halogens is 1. The van der Waals surface area contributed by atoms with Gasteiger partial charge in [0.05, 0.1) is 10.8 Å². The van der Waals surface area contributed by atoms with Crippen molar-refractivity contribution in [2.75, 3.05) is 6.54 Å². The van der Waals surface area contributed by atoms with Crippen molar-refractivity contribution in [1.82, 2.24) is 5.32 Å². The number of amides is 1. The topological polar surface area (TPSA) is 110 Å². The van der Waals surface area contributed by atoms with E-state index in [1.54, 1.807) is 0 Å². The third-order valence-electron chi connectivity index (χ3n) is 2.39. The van der Waals surface area contributed by atoms with Crippen LogP contribution in [0.3, 0.4) is 0 Å². The fourth-order valence-electron chi connectivity index (χ4n) is 1.28. The standard InChI is InChI=1S/C11H11BrN2O5/c1-6(11(16)17)5-13-10(15)8-3-2-7(12)4-9(8)14(18)19/h2-4,6H,5H2,1H3,(H,13,15)(H,16,17). The molecular weight excluding hydrogens is 320 g/mol. The highest BCUT2D eigenvalue weighted by molar-refractivity contribution is 9.10. The van der Waals surface area contributed by atoms with Crippen LogP contribution in [0.4, 0.5) is 5.69 Å². The number of aliphatic carboxylic acids is 1. The molecule has 0 aliphatic carbocycles. The number of nitrogens with zero attached hydrogens (tertiary/aromatic N) is 1. The molecule has 1 amide bonds. The smallest absolute Gasteiger partial charge is 0.308 e. The van der Waals surface area contributed by atoms with Crippen LogP contribution in [-0.2, 0) is 4.79 Å². The maximum atomic E-state index is 11.8. The average Bonchev–Trinajstić information content (AvgIpc) is 2.35. The lowest BCUT2D eigenvalue weighted by Crippen LogP contribution is -2.31. The Morgan fingerprint density at radius 3 is 2.68 bits per heavy atom. The molecule has 0 radical (unpaired) electrons. The minimum Gasteiger partial charge on any atom is -0.481 e. The second kappa shape index (κ2) is 6.28. The minimum absolute atomic E-state index is 0.0958. The van der Waals surface area contributed by atoms with Gasteiger partial charge in [0.15, 0.2) is 0 Å². The normalized spacial score (nSPS) is 11.7. The van der Waals surface area contributed by atoms with Gasteiger partial charge in [-0.05, 0) is 12.1 Å². The average molecular weight is 331 g/mol. The fourth-order valence-corrected chi connectivity index (χ4v) is 1.63. The molecule has 1 unspecified atom stereocenters. The van der Waals surface area contributed by atoms with Gasteiger partial charge in [0, 0.05) is 17.1 Å². The number of nitrogens with one attached hydrogen (secondary N) is 1. The Bertz CT molecular complexity index is 532. The van der Waals surface area contributed by atoms with Gasteiger partial charge in [0.2, 0.25) is 0 Å². The molecule has 7 nitrogen and oxygen atoms in total. The number of rotatable bonds is 5. The largest absolute Gasteiger partial charge is 0.481 e. The molecule has 102 valence electrons. The molecule has 0 fully saturated rings. The summed E-state index contributed by atoms with van der Waals surface area (Å²) in [5, 5.41) is 21.9. The highest BCUT2D eigenvalue weighted by Gasteiger charge is 2.21. The van der Waals surface area contributed by atoms with Crippen LogP contribution in [0.15, 0.2) is 22.7 Å². The Kier molecular flexibility index (Phi) is 4.99. The first kappa shape index (κ1) is 15.1. The van der Waals surface area contributed by atoms with Gasteiger partial charge in [0.1, 0.15) is 5.56 Å². The van der Waals surface area contributed by atoms with Crippen LogP contribution in [0.2, 0.25) is 0 Å². The van der Waals surface area contributed by atoms with Crippen molar-refractivity contribution in [3.63, 3.8) is 0 Å². The zero-order valence-corrected chi connectivity index (χ0v) is 11.5. The van der Waals surface area contributed by atoms with Crippen molar-refractivity contribution in [3.8, 4) is 0 Å². The quantitative estimate of drug-likeness (QED) is 0.632. The number of hydrogen-bond donors (Lipinski definition) is 2. The number of carbonyl (C=O) groups is 2. The summed E-state index contributed by atoms with van der Waals surface area (Å²) in [6, 6.07) is 4.03. The zero-order valence-electron chi connectivity index (χ0n) is 9.92. The molecule has 0 bridgehead atoms. The van der Waals surface area contributed by atoms with Crippen LogP contribution in [0.5, 0.6) is 0 Å². The Morgan fingerprint density at radius 2 is 2.16 bits per heavy atom. The predicted octanol–water partition coefficient (Wildman–Crippen LogP) is 1.81. The van der Waals surface area contributed by atoms with Gasteiger partial charge >= 0.3 is 5.97 Å². The summed E-state index contributed by atoms with van der Waals surface area (Å²) in [5.74, 6) is -2.49. The number of nitro benzene ring substituents is 1. The lowest BCUT2D eigenvalue weighted by Gasteiger charge is -2.08. The van der Waals surface area contributed by atoms with E-state index < -0.39 is 22.7 Å².